The fourth-order valence-corrected chi connectivity index (χ4v) is 2.46. The van der Waals surface area contributed by atoms with E-state index in [1.165, 1.54) is 12.0 Å². The number of nitrogens with zero attached hydrogens (tertiary/aromatic N) is 1. The maximum atomic E-state index is 6.19. The molecule has 0 saturated carbocycles. The van der Waals surface area contributed by atoms with E-state index in [1.54, 1.807) is 7.11 Å². The summed E-state index contributed by atoms with van der Waals surface area (Å²) in [5.41, 5.74) is 7.37. The third-order valence-corrected chi connectivity index (χ3v) is 3.08. The summed E-state index contributed by atoms with van der Waals surface area (Å²) in [6.45, 7) is 6.80. The second-order valence-electron chi connectivity index (χ2n) is 5.64. The normalized spacial score (nSPS) is 14.6. The van der Waals surface area contributed by atoms with Gasteiger partial charge in [-0.2, -0.15) is 0 Å². The molecule has 0 saturated heterocycles. The van der Waals surface area contributed by atoms with Crippen molar-refractivity contribution in [1.29, 1.82) is 0 Å². The molecule has 0 amide bonds. The lowest BCUT2D eigenvalue weighted by Crippen LogP contribution is -2.25. The van der Waals surface area contributed by atoms with Crippen molar-refractivity contribution in [2.75, 3.05) is 7.11 Å². The Labute approximate surface area is 111 Å². The molecular weight excluding hydrogens is 224 g/mol. The molecule has 1 heterocycles. The Morgan fingerprint density at radius 1 is 1.22 bits per heavy atom. The van der Waals surface area contributed by atoms with Crippen LogP contribution in [0.4, 0.5) is 0 Å². The van der Waals surface area contributed by atoms with Gasteiger partial charge in [0.05, 0.1) is 7.11 Å². The van der Waals surface area contributed by atoms with Gasteiger partial charge in [0.15, 0.2) is 0 Å². The number of methoxy groups -OCH3 is 1. The number of pyridine rings is 1. The van der Waals surface area contributed by atoms with E-state index in [1.807, 2.05) is 18.3 Å². The number of nitrogens with two attached hydrogens (primary N) is 1. The molecule has 2 N–H and O–H groups in total. The maximum absolute atomic E-state index is 6.19. The van der Waals surface area contributed by atoms with Gasteiger partial charge in [-0.05, 0) is 36.7 Å². The predicted molar refractivity (Wildman–Crippen MR) is 75.7 cm³/mol. The summed E-state index contributed by atoms with van der Waals surface area (Å²) in [5.74, 6) is 2.08. The van der Waals surface area contributed by atoms with E-state index >= 15 is 0 Å². The van der Waals surface area contributed by atoms with Crippen molar-refractivity contribution in [2.24, 2.45) is 17.6 Å². The van der Waals surface area contributed by atoms with Crippen LogP contribution in [-0.2, 0) is 6.42 Å². The van der Waals surface area contributed by atoms with Crippen LogP contribution in [-0.4, -0.2) is 18.1 Å². The minimum atomic E-state index is 0.217. The molecule has 3 nitrogen and oxygen atoms in total. The highest BCUT2D eigenvalue weighted by Gasteiger charge is 2.11. The van der Waals surface area contributed by atoms with Gasteiger partial charge in [0.25, 0.3) is 0 Å². The first kappa shape index (κ1) is 15.0. The molecule has 1 rings (SSSR count). The number of aromatic nitrogens is 1. The molecule has 0 bridgehead atoms. The number of rotatable bonds is 7. The second kappa shape index (κ2) is 7.37. The first-order chi connectivity index (χ1) is 8.51. The number of hydrogen-bond acceptors (Lipinski definition) is 3. The van der Waals surface area contributed by atoms with Crippen LogP contribution >= 0.6 is 0 Å². The summed E-state index contributed by atoms with van der Waals surface area (Å²) in [5, 5.41) is 0. The standard InChI is InChI=1S/C15H26N2O/c1-11(2)7-12(3)8-14(16)9-13-5-6-15(18-4)17-10-13/h5-6,10-12,14H,7-9,16H2,1-4H3. The van der Waals surface area contributed by atoms with Crippen molar-refractivity contribution in [1.82, 2.24) is 4.98 Å². The fourth-order valence-electron chi connectivity index (χ4n) is 2.46. The average molecular weight is 250 g/mol. The molecule has 102 valence electrons. The Hall–Kier alpha value is -1.09. The third kappa shape index (κ3) is 5.50. The molecule has 0 spiro atoms. The quantitative estimate of drug-likeness (QED) is 0.809. The molecule has 0 aliphatic heterocycles. The van der Waals surface area contributed by atoms with Crippen LogP contribution in [0, 0.1) is 11.8 Å². The van der Waals surface area contributed by atoms with Gasteiger partial charge in [-0.1, -0.05) is 26.8 Å². The molecule has 2 atom stereocenters. The molecule has 0 aliphatic carbocycles. The number of hydrogen-bond donors (Lipinski definition) is 1. The largest absolute Gasteiger partial charge is 0.481 e. The van der Waals surface area contributed by atoms with Gasteiger partial charge in [-0.3, -0.25) is 0 Å². The lowest BCUT2D eigenvalue weighted by Gasteiger charge is -2.18. The molecule has 0 fully saturated rings. The minimum Gasteiger partial charge on any atom is -0.481 e. The smallest absolute Gasteiger partial charge is 0.212 e. The van der Waals surface area contributed by atoms with Crippen molar-refractivity contribution < 1.29 is 4.74 Å². The van der Waals surface area contributed by atoms with Crippen LogP contribution < -0.4 is 10.5 Å². The first-order valence-electron chi connectivity index (χ1n) is 6.75. The van der Waals surface area contributed by atoms with Crippen LogP contribution in [0.3, 0.4) is 0 Å². The van der Waals surface area contributed by atoms with Crippen molar-refractivity contribution in [3.05, 3.63) is 23.9 Å². The maximum Gasteiger partial charge on any atom is 0.212 e. The summed E-state index contributed by atoms with van der Waals surface area (Å²) in [7, 11) is 1.63. The van der Waals surface area contributed by atoms with Gasteiger partial charge in [0, 0.05) is 18.3 Å². The van der Waals surface area contributed by atoms with E-state index in [2.05, 4.69) is 25.8 Å². The highest BCUT2D eigenvalue weighted by molar-refractivity contribution is 5.18. The molecular formula is C15H26N2O. The highest BCUT2D eigenvalue weighted by atomic mass is 16.5. The summed E-state index contributed by atoms with van der Waals surface area (Å²) in [6.07, 6.45) is 5.06. The molecule has 1 aromatic heterocycles. The van der Waals surface area contributed by atoms with Crippen LogP contribution in [0.25, 0.3) is 0 Å². The molecule has 0 aliphatic rings. The van der Waals surface area contributed by atoms with E-state index in [4.69, 9.17) is 10.5 Å². The van der Waals surface area contributed by atoms with E-state index in [9.17, 15) is 0 Å². The zero-order chi connectivity index (χ0) is 13.5. The summed E-state index contributed by atoms with van der Waals surface area (Å²) >= 11 is 0. The molecule has 2 unspecified atom stereocenters. The zero-order valence-electron chi connectivity index (χ0n) is 12.0. The Kier molecular flexibility index (Phi) is 6.13. The third-order valence-electron chi connectivity index (χ3n) is 3.08. The Morgan fingerprint density at radius 2 is 1.94 bits per heavy atom. The van der Waals surface area contributed by atoms with Gasteiger partial charge in [-0.25, -0.2) is 4.98 Å². The van der Waals surface area contributed by atoms with Crippen LogP contribution in [0.1, 0.15) is 39.2 Å². The SMILES string of the molecule is COc1ccc(CC(N)CC(C)CC(C)C)cn1. The van der Waals surface area contributed by atoms with Crippen LogP contribution in [0.5, 0.6) is 5.88 Å². The fraction of sp³-hybridized carbons (Fsp3) is 0.667. The summed E-state index contributed by atoms with van der Waals surface area (Å²) < 4.78 is 5.04. The van der Waals surface area contributed by atoms with Crippen molar-refractivity contribution in [3.63, 3.8) is 0 Å². The van der Waals surface area contributed by atoms with Crippen molar-refractivity contribution in [3.8, 4) is 5.88 Å². The van der Waals surface area contributed by atoms with E-state index < -0.39 is 0 Å². The van der Waals surface area contributed by atoms with Crippen LogP contribution in [0.15, 0.2) is 18.3 Å². The van der Waals surface area contributed by atoms with Gasteiger partial charge in [-0.15, -0.1) is 0 Å². The lowest BCUT2D eigenvalue weighted by molar-refractivity contribution is 0.382. The zero-order valence-corrected chi connectivity index (χ0v) is 12.0. The molecule has 0 radical (unpaired) electrons. The van der Waals surface area contributed by atoms with E-state index in [0.29, 0.717) is 11.8 Å². The second-order valence-corrected chi connectivity index (χ2v) is 5.64. The highest BCUT2D eigenvalue weighted by Crippen LogP contribution is 2.17. The lowest BCUT2D eigenvalue weighted by atomic mass is 9.91. The van der Waals surface area contributed by atoms with Crippen molar-refractivity contribution in [2.45, 2.75) is 46.1 Å². The molecule has 3 heteroatoms. The van der Waals surface area contributed by atoms with Gasteiger partial charge in [0.1, 0.15) is 0 Å². The van der Waals surface area contributed by atoms with E-state index in [0.717, 1.165) is 18.8 Å². The summed E-state index contributed by atoms with van der Waals surface area (Å²) in [4.78, 5) is 4.20. The molecule has 18 heavy (non-hydrogen) atoms. The van der Waals surface area contributed by atoms with Gasteiger partial charge >= 0.3 is 0 Å². The Bertz CT molecular complexity index is 335. The molecule has 0 aromatic carbocycles. The Balaban J connectivity index is 2.41. The minimum absolute atomic E-state index is 0.217. The number of ether oxygens (including phenoxy) is 1. The Morgan fingerprint density at radius 3 is 2.44 bits per heavy atom. The predicted octanol–water partition coefficient (Wildman–Crippen LogP) is 3.03. The monoisotopic (exact) mass is 250 g/mol. The molecule has 1 aromatic rings. The van der Waals surface area contributed by atoms with E-state index in [-0.39, 0.29) is 6.04 Å². The topological polar surface area (TPSA) is 48.1 Å². The average Bonchev–Trinajstić information content (AvgIpc) is 2.28. The van der Waals surface area contributed by atoms with Gasteiger partial charge < -0.3 is 10.5 Å². The van der Waals surface area contributed by atoms with Gasteiger partial charge in [0.2, 0.25) is 5.88 Å². The first-order valence-corrected chi connectivity index (χ1v) is 6.75. The van der Waals surface area contributed by atoms with Crippen LogP contribution in [0.2, 0.25) is 0 Å². The summed E-state index contributed by atoms with van der Waals surface area (Å²) in [6, 6.07) is 4.15. The van der Waals surface area contributed by atoms with Crippen molar-refractivity contribution >= 4 is 0 Å².